The van der Waals surface area contributed by atoms with Gasteiger partial charge in [-0.15, -0.1) is 0 Å². The van der Waals surface area contributed by atoms with Crippen LogP contribution in [-0.2, 0) is 30.3 Å². The van der Waals surface area contributed by atoms with Crippen molar-refractivity contribution in [2.45, 2.75) is 63.6 Å². The smallest absolute Gasteiger partial charge is 0.255 e. The van der Waals surface area contributed by atoms with E-state index in [9.17, 15) is 19.2 Å². The van der Waals surface area contributed by atoms with Crippen LogP contribution in [0.1, 0.15) is 44.6 Å². The molecule has 0 spiro atoms. The highest BCUT2D eigenvalue weighted by Crippen LogP contribution is 2.35. The third-order valence-electron chi connectivity index (χ3n) is 6.85. The van der Waals surface area contributed by atoms with Gasteiger partial charge in [0.05, 0.1) is 12.1 Å². The third-order valence-corrected chi connectivity index (χ3v) is 6.85. The monoisotopic (exact) mass is 441 g/mol. The number of morpholine rings is 1. The lowest BCUT2D eigenvalue weighted by molar-refractivity contribution is -0.162. The molecule has 3 saturated heterocycles. The molecule has 0 N–H and O–H groups in total. The fourth-order valence-electron chi connectivity index (χ4n) is 5.44. The molecule has 0 bridgehead atoms. The molecule has 3 aliphatic rings. The molecule has 32 heavy (non-hydrogen) atoms. The Morgan fingerprint density at radius 2 is 1.72 bits per heavy atom. The Labute approximate surface area is 188 Å². The second-order valence-corrected chi connectivity index (χ2v) is 8.94. The Kier molecular flexibility index (Phi) is 6.89. The van der Waals surface area contributed by atoms with Gasteiger partial charge in [-0.3, -0.25) is 24.1 Å². The molecule has 0 saturated carbocycles. The summed E-state index contributed by atoms with van der Waals surface area (Å²) < 4.78 is 4.96. The highest BCUT2D eigenvalue weighted by atomic mass is 16.5. The zero-order valence-corrected chi connectivity index (χ0v) is 18.6. The molecule has 3 fully saturated rings. The minimum atomic E-state index is -0.475. The predicted octanol–water partition coefficient (Wildman–Crippen LogP) is 1.38. The molecule has 0 radical (unpaired) electrons. The van der Waals surface area contributed by atoms with Gasteiger partial charge in [-0.25, -0.2) is 0 Å². The summed E-state index contributed by atoms with van der Waals surface area (Å²) in [7, 11) is 0. The van der Waals surface area contributed by atoms with Crippen molar-refractivity contribution in [2.75, 3.05) is 26.3 Å². The van der Waals surface area contributed by atoms with Gasteiger partial charge in [0, 0.05) is 19.5 Å². The van der Waals surface area contributed by atoms with E-state index in [1.165, 1.54) is 5.56 Å². The van der Waals surface area contributed by atoms with Crippen LogP contribution in [0.4, 0.5) is 0 Å². The van der Waals surface area contributed by atoms with Gasteiger partial charge in [-0.1, -0.05) is 43.2 Å². The Morgan fingerprint density at radius 3 is 2.41 bits per heavy atom. The maximum absolute atomic E-state index is 13.3. The molecule has 3 aliphatic heterocycles. The number of imide groups is 1. The van der Waals surface area contributed by atoms with Crippen molar-refractivity contribution < 1.29 is 23.9 Å². The van der Waals surface area contributed by atoms with Crippen molar-refractivity contribution in [3.05, 3.63) is 35.9 Å². The first-order chi connectivity index (χ1) is 15.5. The Bertz CT molecular complexity index is 858. The molecule has 172 valence electrons. The second-order valence-electron chi connectivity index (χ2n) is 8.94. The normalized spacial score (nSPS) is 26.5. The number of likely N-dealkylation sites (tertiary alicyclic amines) is 2. The zero-order valence-electron chi connectivity index (χ0n) is 18.6. The van der Waals surface area contributed by atoms with E-state index in [-0.39, 0.29) is 49.7 Å². The molecule has 4 rings (SSSR count). The van der Waals surface area contributed by atoms with Gasteiger partial charge in [0.15, 0.2) is 0 Å². The predicted molar refractivity (Wildman–Crippen MR) is 116 cm³/mol. The summed E-state index contributed by atoms with van der Waals surface area (Å²) in [5, 5.41) is 0. The second kappa shape index (κ2) is 9.81. The number of carbonyl (C=O) groups is 4. The number of amides is 4. The van der Waals surface area contributed by atoms with Crippen LogP contribution in [0.3, 0.4) is 0 Å². The molecule has 3 heterocycles. The minimum Gasteiger partial charge on any atom is -0.362 e. The first-order valence-electron chi connectivity index (χ1n) is 11.5. The summed E-state index contributed by atoms with van der Waals surface area (Å²) in [6, 6.07) is 9.98. The fraction of sp³-hybridized carbons (Fsp3) is 0.583. The van der Waals surface area contributed by atoms with Crippen LogP contribution >= 0.6 is 0 Å². The van der Waals surface area contributed by atoms with Crippen molar-refractivity contribution in [1.82, 2.24) is 14.7 Å². The maximum Gasteiger partial charge on any atom is 0.255 e. The van der Waals surface area contributed by atoms with Crippen LogP contribution in [0.15, 0.2) is 30.3 Å². The van der Waals surface area contributed by atoms with Crippen LogP contribution in [0.25, 0.3) is 0 Å². The average molecular weight is 442 g/mol. The lowest BCUT2D eigenvalue weighted by atomic mass is 9.95. The largest absolute Gasteiger partial charge is 0.362 e. The standard InChI is InChI=1S/C24H31N3O5/c1-17(28)27-19(12-18-8-4-2-5-9-18)13-21-20(27)10-6-3-7-11-25(21)22(29)14-26-23(30)15-32-16-24(26)31/h2,4-5,8-9,19-21H,3,6-7,10-16H2,1H3/t19-,20-,21+/m1/s1. The van der Waals surface area contributed by atoms with E-state index in [2.05, 4.69) is 12.1 Å². The van der Waals surface area contributed by atoms with Crippen LogP contribution in [0.2, 0.25) is 0 Å². The zero-order chi connectivity index (χ0) is 22.7. The summed E-state index contributed by atoms with van der Waals surface area (Å²) in [5.74, 6) is -1.15. The summed E-state index contributed by atoms with van der Waals surface area (Å²) >= 11 is 0. The van der Waals surface area contributed by atoms with Gasteiger partial charge in [0.1, 0.15) is 19.8 Å². The SMILES string of the molecule is CC(=O)N1[C@H](Cc2ccccc2)C[C@H]2[C@H]1CCCCCN2C(=O)CN1C(=O)COCC1=O. The number of fused-ring (bicyclic) bond motifs is 1. The maximum atomic E-state index is 13.3. The molecular weight excluding hydrogens is 410 g/mol. The molecule has 4 amide bonds. The van der Waals surface area contributed by atoms with Gasteiger partial charge in [0.25, 0.3) is 11.8 Å². The number of carbonyl (C=O) groups excluding carboxylic acids is 4. The van der Waals surface area contributed by atoms with Crippen molar-refractivity contribution in [3.8, 4) is 0 Å². The minimum absolute atomic E-state index is 0.0185. The Balaban J connectivity index is 1.56. The van der Waals surface area contributed by atoms with Crippen molar-refractivity contribution >= 4 is 23.6 Å². The molecule has 0 aliphatic carbocycles. The van der Waals surface area contributed by atoms with Gasteiger partial charge in [0.2, 0.25) is 11.8 Å². The first-order valence-corrected chi connectivity index (χ1v) is 11.5. The van der Waals surface area contributed by atoms with E-state index in [1.54, 1.807) is 6.92 Å². The van der Waals surface area contributed by atoms with E-state index in [1.807, 2.05) is 28.0 Å². The highest BCUT2D eigenvalue weighted by Gasteiger charge is 2.46. The van der Waals surface area contributed by atoms with Gasteiger partial charge >= 0.3 is 0 Å². The summed E-state index contributed by atoms with van der Waals surface area (Å²) in [4.78, 5) is 55.1. The third kappa shape index (κ3) is 4.70. The van der Waals surface area contributed by atoms with Crippen LogP contribution < -0.4 is 0 Å². The van der Waals surface area contributed by atoms with Crippen LogP contribution in [-0.4, -0.2) is 82.8 Å². The van der Waals surface area contributed by atoms with Gasteiger partial charge in [-0.2, -0.15) is 0 Å². The molecule has 3 atom stereocenters. The number of nitrogens with zero attached hydrogens (tertiary/aromatic N) is 3. The van der Waals surface area contributed by atoms with E-state index < -0.39 is 11.8 Å². The number of benzene rings is 1. The van der Waals surface area contributed by atoms with Crippen molar-refractivity contribution in [3.63, 3.8) is 0 Å². The number of hydrogen-bond donors (Lipinski definition) is 0. The van der Waals surface area contributed by atoms with Crippen molar-refractivity contribution in [2.24, 2.45) is 0 Å². The lowest BCUT2D eigenvalue weighted by Crippen LogP contribution is -2.55. The van der Waals surface area contributed by atoms with Crippen molar-refractivity contribution in [1.29, 1.82) is 0 Å². The van der Waals surface area contributed by atoms with E-state index in [0.717, 1.165) is 37.0 Å². The number of hydrogen-bond acceptors (Lipinski definition) is 5. The van der Waals surface area contributed by atoms with Gasteiger partial charge in [-0.05, 0) is 31.2 Å². The number of ether oxygens (including phenoxy) is 1. The Hall–Kier alpha value is -2.74. The molecule has 8 nitrogen and oxygen atoms in total. The average Bonchev–Trinajstić information content (AvgIpc) is 3.09. The molecule has 1 aromatic rings. The summed E-state index contributed by atoms with van der Waals surface area (Å²) in [6.45, 7) is 1.57. The molecule has 0 unspecified atom stereocenters. The topological polar surface area (TPSA) is 87.2 Å². The molecular formula is C24H31N3O5. The van der Waals surface area contributed by atoms with E-state index in [4.69, 9.17) is 4.74 Å². The summed E-state index contributed by atoms with van der Waals surface area (Å²) in [6.07, 6.45) is 5.19. The van der Waals surface area contributed by atoms with Gasteiger partial charge < -0.3 is 14.5 Å². The van der Waals surface area contributed by atoms with E-state index in [0.29, 0.717) is 13.0 Å². The van der Waals surface area contributed by atoms with E-state index >= 15 is 0 Å². The highest BCUT2D eigenvalue weighted by molar-refractivity contribution is 6.01. The molecule has 1 aromatic carbocycles. The fourth-order valence-corrected chi connectivity index (χ4v) is 5.44. The Morgan fingerprint density at radius 1 is 1.00 bits per heavy atom. The molecule has 8 heteroatoms. The quantitative estimate of drug-likeness (QED) is 0.659. The summed E-state index contributed by atoms with van der Waals surface area (Å²) in [5.41, 5.74) is 1.17. The lowest BCUT2D eigenvalue weighted by Gasteiger charge is -2.38. The number of rotatable bonds is 4. The van der Waals surface area contributed by atoms with Crippen LogP contribution in [0.5, 0.6) is 0 Å². The molecule has 0 aromatic heterocycles. The first kappa shape index (κ1) is 22.5. The van der Waals surface area contributed by atoms with Crippen LogP contribution in [0, 0.1) is 0 Å².